The maximum absolute atomic E-state index is 13.6. The quantitative estimate of drug-likeness (QED) is 0.248. The van der Waals surface area contributed by atoms with E-state index in [4.69, 9.17) is 21.1 Å². The first kappa shape index (κ1) is 26.5. The van der Waals surface area contributed by atoms with Gasteiger partial charge in [0.15, 0.2) is 0 Å². The van der Waals surface area contributed by atoms with Crippen LogP contribution < -0.4 is 15.1 Å². The first-order valence-corrected chi connectivity index (χ1v) is 13.8. The summed E-state index contributed by atoms with van der Waals surface area (Å²) in [7, 11) is 0. The van der Waals surface area contributed by atoms with Crippen LogP contribution in [-0.2, 0) is 26.6 Å². The molecule has 3 aromatic carbocycles. The van der Waals surface area contributed by atoms with E-state index in [9.17, 15) is 14.9 Å². The molecule has 3 aliphatic heterocycles. The highest BCUT2D eigenvalue weighted by Gasteiger charge is 2.58. The van der Waals surface area contributed by atoms with Gasteiger partial charge in [-0.15, -0.1) is 11.6 Å². The second kappa shape index (κ2) is 11.1. The summed E-state index contributed by atoms with van der Waals surface area (Å²) in [5, 5.41) is 14.9. The van der Waals surface area contributed by atoms with E-state index in [-0.39, 0.29) is 35.1 Å². The molecule has 2 fully saturated rings. The molecule has 0 radical (unpaired) electrons. The highest BCUT2D eigenvalue weighted by Crippen LogP contribution is 2.47. The monoisotopic (exact) mass is 563 g/mol. The summed E-state index contributed by atoms with van der Waals surface area (Å²) >= 11 is 6.00. The van der Waals surface area contributed by atoms with Crippen molar-refractivity contribution in [3.05, 3.63) is 94.0 Å². The van der Waals surface area contributed by atoms with E-state index in [1.165, 1.54) is 0 Å². The number of fused-ring (bicyclic) bond motifs is 2. The maximum atomic E-state index is 13.6. The molecule has 10 nitrogen and oxygen atoms in total. The van der Waals surface area contributed by atoms with Crippen molar-refractivity contribution >= 4 is 40.3 Å². The highest BCUT2D eigenvalue weighted by atomic mass is 35.5. The van der Waals surface area contributed by atoms with Gasteiger partial charge in [0.05, 0.1) is 35.9 Å². The van der Waals surface area contributed by atoms with Crippen LogP contribution in [0.25, 0.3) is 0 Å². The number of hydrogen-bond acceptors (Lipinski definition) is 8. The number of para-hydroxylation sites is 1. The van der Waals surface area contributed by atoms with Gasteiger partial charge in [-0.25, -0.2) is 0 Å². The zero-order valence-corrected chi connectivity index (χ0v) is 22.6. The number of halogens is 1. The summed E-state index contributed by atoms with van der Waals surface area (Å²) in [6, 6.07) is 22.6. The number of alkyl halides is 1. The van der Waals surface area contributed by atoms with Crippen molar-refractivity contribution in [2.75, 3.05) is 60.5 Å². The maximum Gasteiger partial charge on any atom is 0.293 e. The third-order valence-corrected chi connectivity index (χ3v) is 7.98. The Bertz CT molecular complexity index is 1400. The van der Waals surface area contributed by atoms with Crippen LogP contribution >= 0.6 is 11.6 Å². The molecule has 3 aliphatic rings. The second-order valence-electron chi connectivity index (χ2n) is 10.1. The minimum Gasteiger partial charge on any atom is -0.375 e. The molecule has 208 valence electrons. The Balaban J connectivity index is 1.13. The molecule has 1 spiro atoms. The molecule has 0 aliphatic carbocycles. The molecular weight excluding hydrogens is 534 g/mol. The summed E-state index contributed by atoms with van der Waals surface area (Å²) in [6.45, 7) is 4.04. The summed E-state index contributed by atoms with van der Waals surface area (Å²) < 4.78 is 12.0. The van der Waals surface area contributed by atoms with Gasteiger partial charge in [-0.2, -0.15) is 0 Å². The normalized spacial score (nSPS) is 22.6. The number of nitrogens with zero attached hydrogens (tertiary/aromatic N) is 4. The number of anilines is 3. The number of piperazine rings is 1. The molecule has 2 saturated heterocycles. The first-order chi connectivity index (χ1) is 19.5. The van der Waals surface area contributed by atoms with Crippen LogP contribution in [0.5, 0.6) is 0 Å². The van der Waals surface area contributed by atoms with Crippen molar-refractivity contribution < 1.29 is 19.2 Å². The van der Waals surface area contributed by atoms with Crippen LogP contribution in [0.2, 0.25) is 0 Å². The molecule has 0 bridgehead atoms. The molecule has 3 aromatic rings. The zero-order chi connectivity index (χ0) is 27.7. The number of carbonyl (C=O) groups is 1. The Morgan fingerprint density at radius 2 is 1.77 bits per heavy atom. The van der Waals surface area contributed by atoms with Crippen molar-refractivity contribution in [3.63, 3.8) is 0 Å². The molecule has 0 saturated carbocycles. The van der Waals surface area contributed by atoms with Gasteiger partial charge >= 0.3 is 0 Å². The van der Waals surface area contributed by atoms with E-state index in [1.807, 2.05) is 60.7 Å². The Hall–Kier alpha value is -3.70. The van der Waals surface area contributed by atoms with E-state index in [0.29, 0.717) is 50.6 Å². The number of carbonyl (C=O) groups excluding carboxylic acids is 1. The zero-order valence-electron chi connectivity index (χ0n) is 21.9. The lowest BCUT2D eigenvalue weighted by Gasteiger charge is -2.38. The van der Waals surface area contributed by atoms with Crippen LogP contribution in [0.4, 0.5) is 22.7 Å². The summed E-state index contributed by atoms with van der Waals surface area (Å²) in [5.41, 5.74) is 4.00. The Kier molecular flexibility index (Phi) is 7.33. The number of nitrogens with one attached hydrogen (secondary N) is 1. The van der Waals surface area contributed by atoms with E-state index in [1.54, 1.807) is 17.0 Å². The van der Waals surface area contributed by atoms with Gasteiger partial charge in [0.1, 0.15) is 5.69 Å². The first-order valence-electron chi connectivity index (χ1n) is 13.3. The number of ether oxygens (including phenoxy) is 2. The van der Waals surface area contributed by atoms with Gasteiger partial charge in [-0.05, 0) is 23.8 Å². The molecule has 3 heterocycles. The molecule has 6 rings (SSSR count). The lowest BCUT2D eigenvalue weighted by Crippen LogP contribution is -2.52. The third kappa shape index (κ3) is 4.88. The number of rotatable bonds is 8. The van der Waals surface area contributed by atoms with Gasteiger partial charge in [0, 0.05) is 50.0 Å². The SMILES string of the molecule is O=C1N(CN2CCN(c3ccc([N+](=O)[O-])c(NCc4ccccc4)c3)CC2)c2ccccc2[C@@]12OC[C@@H](CCl)O2. The van der Waals surface area contributed by atoms with Gasteiger partial charge in [0.25, 0.3) is 17.4 Å². The molecule has 2 atom stereocenters. The summed E-state index contributed by atoms with van der Waals surface area (Å²) in [5.74, 6) is -1.40. The van der Waals surface area contributed by atoms with Crippen LogP contribution in [0.1, 0.15) is 11.1 Å². The number of nitro benzene ring substituents is 1. The number of nitro groups is 1. The average molecular weight is 564 g/mol. The van der Waals surface area contributed by atoms with Crippen LogP contribution in [0, 0.1) is 10.1 Å². The third-order valence-electron chi connectivity index (χ3n) is 7.63. The van der Waals surface area contributed by atoms with Crippen LogP contribution in [0.3, 0.4) is 0 Å². The standard InChI is InChI=1S/C29H30ClN5O5/c30-17-23-19-39-29(40-23)24-8-4-5-9-26(24)34(28(29)36)20-32-12-14-33(15-13-32)22-10-11-27(35(37)38)25(16-22)31-18-21-6-2-1-3-7-21/h1-11,16,23,31H,12-15,17-20H2/t23-,29+/m1/s1. The van der Waals surface area contributed by atoms with E-state index >= 15 is 0 Å². The van der Waals surface area contributed by atoms with Crippen molar-refractivity contribution in [2.24, 2.45) is 0 Å². The van der Waals surface area contributed by atoms with Gasteiger partial charge in [-0.1, -0.05) is 48.5 Å². The van der Waals surface area contributed by atoms with Gasteiger partial charge in [0.2, 0.25) is 0 Å². The fraction of sp³-hybridized carbons (Fsp3) is 0.345. The minimum atomic E-state index is -1.43. The average Bonchev–Trinajstić information content (AvgIpc) is 3.53. The lowest BCUT2D eigenvalue weighted by atomic mass is 10.1. The highest BCUT2D eigenvalue weighted by molar-refractivity contribution is 6.18. The molecular formula is C29H30ClN5O5. The Morgan fingerprint density at radius 1 is 1.02 bits per heavy atom. The fourth-order valence-corrected chi connectivity index (χ4v) is 5.69. The Morgan fingerprint density at radius 3 is 2.50 bits per heavy atom. The molecule has 0 aromatic heterocycles. The Labute approximate surface area is 237 Å². The van der Waals surface area contributed by atoms with Gasteiger partial charge in [-0.3, -0.25) is 24.7 Å². The number of amides is 1. The van der Waals surface area contributed by atoms with Crippen LogP contribution in [-0.4, -0.2) is 67.2 Å². The second-order valence-corrected chi connectivity index (χ2v) is 10.4. The smallest absolute Gasteiger partial charge is 0.293 e. The number of hydrogen-bond donors (Lipinski definition) is 1. The molecule has 1 N–H and O–H groups in total. The topological polar surface area (TPSA) is 100 Å². The lowest BCUT2D eigenvalue weighted by molar-refractivity contribution is -0.384. The molecule has 0 unspecified atom stereocenters. The van der Waals surface area contributed by atoms with Crippen molar-refractivity contribution in [3.8, 4) is 0 Å². The summed E-state index contributed by atoms with van der Waals surface area (Å²) in [6.07, 6.45) is -0.337. The minimum absolute atomic E-state index is 0.0474. The van der Waals surface area contributed by atoms with E-state index in [0.717, 1.165) is 16.9 Å². The van der Waals surface area contributed by atoms with E-state index in [2.05, 4.69) is 15.1 Å². The van der Waals surface area contributed by atoms with Crippen molar-refractivity contribution in [2.45, 2.75) is 18.4 Å². The van der Waals surface area contributed by atoms with Crippen molar-refractivity contribution in [1.29, 1.82) is 0 Å². The molecule has 11 heteroatoms. The largest absolute Gasteiger partial charge is 0.375 e. The predicted octanol–water partition coefficient (Wildman–Crippen LogP) is 4.14. The van der Waals surface area contributed by atoms with E-state index < -0.39 is 5.79 Å². The predicted molar refractivity (Wildman–Crippen MR) is 153 cm³/mol. The van der Waals surface area contributed by atoms with Gasteiger partial charge < -0.3 is 19.7 Å². The molecule has 1 amide bonds. The van der Waals surface area contributed by atoms with Crippen LogP contribution in [0.15, 0.2) is 72.8 Å². The van der Waals surface area contributed by atoms with Crippen molar-refractivity contribution in [1.82, 2.24) is 4.90 Å². The fourth-order valence-electron chi connectivity index (χ4n) is 5.53. The summed E-state index contributed by atoms with van der Waals surface area (Å²) in [4.78, 5) is 31.1. The molecule has 40 heavy (non-hydrogen) atoms. The number of benzene rings is 3.